The van der Waals surface area contributed by atoms with E-state index in [1.54, 1.807) is 12.1 Å². The van der Waals surface area contributed by atoms with Gasteiger partial charge in [-0.3, -0.25) is 4.40 Å². The molecule has 0 saturated heterocycles. The van der Waals surface area contributed by atoms with Gasteiger partial charge in [0.1, 0.15) is 11.6 Å². The quantitative estimate of drug-likeness (QED) is 0.639. The van der Waals surface area contributed by atoms with Crippen molar-refractivity contribution in [1.29, 1.82) is 0 Å². The number of nitrogens with zero attached hydrogens (tertiary/aromatic N) is 2. The molecule has 3 rings (SSSR count). The van der Waals surface area contributed by atoms with Crippen molar-refractivity contribution in [3.63, 3.8) is 0 Å². The average molecular weight is 247 g/mol. The highest BCUT2D eigenvalue weighted by molar-refractivity contribution is 6.32. The highest BCUT2D eigenvalue weighted by Crippen LogP contribution is 2.25. The summed E-state index contributed by atoms with van der Waals surface area (Å²) in [5.74, 6) is 0.358. The van der Waals surface area contributed by atoms with Crippen LogP contribution in [0.25, 0.3) is 16.9 Å². The van der Waals surface area contributed by atoms with Crippen LogP contribution in [0, 0.1) is 5.82 Å². The van der Waals surface area contributed by atoms with Crippen LogP contribution < -0.4 is 0 Å². The molecule has 84 valence electrons. The molecule has 2 nitrogen and oxygen atoms in total. The first-order chi connectivity index (χ1) is 8.25. The molecule has 0 fully saturated rings. The van der Waals surface area contributed by atoms with Gasteiger partial charge in [-0.25, -0.2) is 9.37 Å². The molecule has 17 heavy (non-hydrogen) atoms. The third-order valence-electron chi connectivity index (χ3n) is 2.59. The fourth-order valence-corrected chi connectivity index (χ4v) is 2.07. The van der Waals surface area contributed by atoms with E-state index < -0.39 is 0 Å². The van der Waals surface area contributed by atoms with Gasteiger partial charge in [0, 0.05) is 11.8 Å². The van der Waals surface area contributed by atoms with E-state index in [-0.39, 0.29) is 5.82 Å². The Bertz CT molecular complexity index is 691. The average Bonchev–Trinajstić information content (AvgIpc) is 2.68. The minimum atomic E-state index is -0.286. The first-order valence-electron chi connectivity index (χ1n) is 5.14. The summed E-state index contributed by atoms with van der Waals surface area (Å²) in [5, 5.41) is 0.421. The van der Waals surface area contributed by atoms with Crippen LogP contribution in [0.1, 0.15) is 0 Å². The van der Waals surface area contributed by atoms with Gasteiger partial charge in [0.2, 0.25) is 0 Å². The van der Waals surface area contributed by atoms with Crippen molar-refractivity contribution in [1.82, 2.24) is 9.38 Å². The molecule has 0 aliphatic carbocycles. The van der Waals surface area contributed by atoms with Gasteiger partial charge in [0.25, 0.3) is 0 Å². The zero-order valence-corrected chi connectivity index (χ0v) is 9.53. The van der Waals surface area contributed by atoms with Crippen molar-refractivity contribution >= 4 is 17.1 Å². The SMILES string of the molecule is Fc1cccc(-c2nc(Cl)c3ccccn23)c1. The number of rotatable bonds is 1. The van der Waals surface area contributed by atoms with Crippen molar-refractivity contribution < 1.29 is 4.39 Å². The van der Waals surface area contributed by atoms with Crippen LogP contribution in [0.4, 0.5) is 4.39 Å². The van der Waals surface area contributed by atoms with E-state index in [4.69, 9.17) is 11.6 Å². The third-order valence-corrected chi connectivity index (χ3v) is 2.86. The summed E-state index contributed by atoms with van der Waals surface area (Å²) in [7, 11) is 0. The topological polar surface area (TPSA) is 17.3 Å². The molecule has 0 amide bonds. The number of fused-ring (bicyclic) bond motifs is 1. The van der Waals surface area contributed by atoms with E-state index in [0.717, 1.165) is 5.52 Å². The lowest BCUT2D eigenvalue weighted by Crippen LogP contribution is -1.88. The second-order valence-electron chi connectivity index (χ2n) is 3.69. The highest BCUT2D eigenvalue weighted by atomic mass is 35.5. The summed E-state index contributed by atoms with van der Waals surface area (Å²) in [5.41, 5.74) is 1.52. The zero-order chi connectivity index (χ0) is 11.8. The van der Waals surface area contributed by atoms with Gasteiger partial charge in [-0.1, -0.05) is 29.8 Å². The summed E-state index contributed by atoms with van der Waals surface area (Å²) in [6.07, 6.45) is 1.86. The lowest BCUT2D eigenvalue weighted by Gasteiger charge is -2.00. The number of halogens is 2. The molecule has 0 unspecified atom stereocenters. The van der Waals surface area contributed by atoms with Crippen molar-refractivity contribution in [3.8, 4) is 11.4 Å². The Hall–Kier alpha value is -1.87. The van der Waals surface area contributed by atoms with Crippen LogP contribution in [0.3, 0.4) is 0 Å². The number of pyridine rings is 1. The molecule has 0 aliphatic heterocycles. The maximum atomic E-state index is 13.2. The number of hydrogen-bond donors (Lipinski definition) is 0. The molecular formula is C13H8ClFN2. The molecule has 0 bridgehead atoms. The van der Waals surface area contributed by atoms with Crippen LogP contribution in [0.5, 0.6) is 0 Å². The fraction of sp³-hybridized carbons (Fsp3) is 0. The molecule has 3 aromatic rings. The van der Waals surface area contributed by atoms with Gasteiger partial charge in [0.15, 0.2) is 5.15 Å². The minimum Gasteiger partial charge on any atom is -0.298 e. The standard InChI is InChI=1S/C13H8ClFN2/c14-12-11-6-1-2-7-17(11)13(16-12)9-4-3-5-10(15)8-9/h1-8H. The minimum absolute atomic E-state index is 0.286. The molecule has 0 atom stereocenters. The molecule has 0 radical (unpaired) electrons. The Morgan fingerprint density at radius 1 is 1.12 bits per heavy atom. The summed E-state index contributed by atoms with van der Waals surface area (Å²) in [6, 6.07) is 12.0. The number of aromatic nitrogens is 2. The molecule has 1 aromatic carbocycles. The van der Waals surface area contributed by atoms with Crippen LogP contribution in [0.15, 0.2) is 48.7 Å². The first-order valence-corrected chi connectivity index (χ1v) is 5.52. The van der Waals surface area contributed by atoms with Crippen molar-refractivity contribution in [2.45, 2.75) is 0 Å². The van der Waals surface area contributed by atoms with Gasteiger partial charge in [-0.2, -0.15) is 0 Å². The normalized spacial score (nSPS) is 10.9. The monoisotopic (exact) mass is 246 g/mol. The molecule has 2 heterocycles. The predicted molar refractivity (Wildman–Crippen MR) is 65.6 cm³/mol. The zero-order valence-electron chi connectivity index (χ0n) is 8.77. The molecular weight excluding hydrogens is 239 g/mol. The fourth-order valence-electron chi connectivity index (χ4n) is 1.83. The Balaban J connectivity index is 2.31. The van der Waals surface area contributed by atoms with E-state index in [0.29, 0.717) is 16.5 Å². The summed E-state index contributed by atoms with van der Waals surface area (Å²) < 4.78 is 15.0. The molecule has 0 saturated carbocycles. The summed E-state index contributed by atoms with van der Waals surface area (Å²) >= 11 is 6.04. The first kappa shape index (κ1) is 10.3. The van der Waals surface area contributed by atoms with Gasteiger partial charge in [-0.15, -0.1) is 0 Å². The molecule has 2 aromatic heterocycles. The molecule has 0 spiro atoms. The number of hydrogen-bond acceptors (Lipinski definition) is 1. The van der Waals surface area contributed by atoms with Gasteiger partial charge >= 0.3 is 0 Å². The Morgan fingerprint density at radius 2 is 2.00 bits per heavy atom. The van der Waals surface area contributed by atoms with E-state index in [9.17, 15) is 4.39 Å². The van der Waals surface area contributed by atoms with E-state index in [1.807, 2.05) is 28.8 Å². The van der Waals surface area contributed by atoms with Crippen LogP contribution in [-0.2, 0) is 0 Å². The van der Waals surface area contributed by atoms with E-state index in [2.05, 4.69) is 4.98 Å². The molecule has 4 heteroatoms. The van der Waals surface area contributed by atoms with Crippen molar-refractivity contribution in [2.24, 2.45) is 0 Å². The second kappa shape index (κ2) is 3.86. The lowest BCUT2D eigenvalue weighted by molar-refractivity contribution is 0.628. The number of benzene rings is 1. The molecule has 0 N–H and O–H groups in total. The predicted octanol–water partition coefficient (Wildman–Crippen LogP) is 3.79. The smallest absolute Gasteiger partial charge is 0.155 e. The van der Waals surface area contributed by atoms with Crippen molar-refractivity contribution in [2.75, 3.05) is 0 Å². The number of imidazole rings is 1. The summed E-state index contributed by atoms with van der Waals surface area (Å²) in [6.45, 7) is 0. The largest absolute Gasteiger partial charge is 0.298 e. The Labute approximate surface area is 102 Å². The van der Waals surface area contributed by atoms with E-state index in [1.165, 1.54) is 12.1 Å². The second-order valence-corrected chi connectivity index (χ2v) is 4.05. The Kier molecular flexibility index (Phi) is 2.34. The van der Waals surface area contributed by atoms with Crippen molar-refractivity contribution in [3.05, 3.63) is 59.6 Å². The van der Waals surface area contributed by atoms with Gasteiger partial charge in [0.05, 0.1) is 5.52 Å². The Morgan fingerprint density at radius 3 is 2.82 bits per heavy atom. The maximum absolute atomic E-state index is 13.2. The van der Waals surface area contributed by atoms with Crippen LogP contribution in [0.2, 0.25) is 5.15 Å². The summed E-state index contributed by atoms with van der Waals surface area (Å²) in [4.78, 5) is 4.26. The third kappa shape index (κ3) is 1.68. The lowest BCUT2D eigenvalue weighted by atomic mass is 10.2. The maximum Gasteiger partial charge on any atom is 0.155 e. The van der Waals surface area contributed by atoms with Gasteiger partial charge in [-0.05, 0) is 24.3 Å². The van der Waals surface area contributed by atoms with Crippen LogP contribution in [-0.4, -0.2) is 9.38 Å². The highest BCUT2D eigenvalue weighted by Gasteiger charge is 2.10. The van der Waals surface area contributed by atoms with E-state index >= 15 is 0 Å². The van der Waals surface area contributed by atoms with Gasteiger partial charge < -0.3 is 0 Å². The molecule has 0 aliphatic rings. The van der Waals surface area contributed by atoms with Crippen LogP contribution >= 0.6 is 11.6 Å².